The van der Waals surface area contributed by atoms with E-state index in [1.807, 2.05) is 0 Å². The van der Waals surface area contributed by atoms with E-state index in [0.717, 1.165) is 0 Å². The van der Waals surface area contributed by atoms with Crippen molar-refractivity contribution < 1.29 is 44.3 Å². The molecule has 40 heavy (non-hydrogen) atoms. The van der Waals surface area contributed by atoms with Crippen molar-refractivity contribution in [3.63, 3.8) is 0 Å². The Hall–Kier alpha value is -3.48. The number of carbonyl (C=O) groups is 4. The molecular weight excluding hydrogens is 569 g/mol. The van der Waals surface area contributed by atoms with E-state index in [0.29, 0.717) is 11.3 Å². The summed E-state index contributed by atoms with van der Waals surface area (Å²) in [6, 6.07) is 1.61. The number of hydrogen-bond donors (Lipinski definition) is 6. The lowest BCUT2D eigenvalue weighted by molar-refractivity contribution is -0.147. The molecule has 0 saturated heterocycles. The number of hydrogen-bond acceptors (Lipinski definition) is 10. The van der Waals surface area contributed by atoms with Crippen molar-refractivity contribution >= 4 is 58.2 Å². The van der Waals surface area contributed by atoms with Gasteiger partial charge in [-0.15, -0.1) is 0 Å². The number of aliphatic hydroxyl groups excluding tert-OH is 2. The van der Waals surface area contributed by atoms with Crippen LogP contribution in [0.1, 0.15) is 36.5 Å². The Morgan fingerprint density at radius 2 is 1.88 bits per heavy atom. The fourth-order valence-corrected chi connectivity index (χ4v) is 5.78. The summed E-state index contributed by atoms with van der Waals surface area (Å²) in [5, 5.41) is 47.1. The van der Waals surface area contributed by atoms with E-state index < -0.39 is 74.6 Å². The Morgan fingerprint density at radius 3 is 2.45 bits per heavy atom. The molecular formula is C26H29Cl2N3O9. The Labute approximate surface area is 239 Å². The van der Waals surface area contributed by atoms with Gasteiger partial charge in [-0.3, -0.25) is 14.4 Å². The van der Waals surface area contributed by atoms with Crippen LogP contribution in [0.5, 0.6) is 5.75 Å². The first kappa shape index (κ1) is 29.5. The summed E-state index contributed by atoms with van der Waals surface area (Å²) in [7, 11) is 3.46. The first-order valence-corrected chi connectivity index (χ1v) is 13.0. The largest absolute Gasteiger partial charge is 0.508 e. The monoisotopic (exact) mass is 597 g/mol. The molecule has 12 nitrogen and oxygen atoms in total. The number of rotatable bonds is 6. The van der Waals surface area contributed by atoms with E-state index >= 15 is 0 Å². The number of aromatic hydroxyl groups is 1. The van der Waals surface area contributed by atoms with Crippen LogP contribution < -0.4 is 16.0 Å². The third-order valence-electron chi connectivity index (χ3n) is 7.48. The normalized spacial score (nSPS) is 24.2. The van der Waals surface area contributed by atoms with Gasteiger partial charge < -0.3 is 41.1 Å². The van der Waals surface area contributed by atoms with E-state index in [4.69, 9.17) is 33.7 Å². The lowest BCUT2D eigenvalue weighted by Crippen LogP contribution is -2.58. The molecule has 0 aromatic heterocycles. The molecule has 216 valence electrons. The minimum absolute atomic E-state index is 0.0196. The van der Waals surface area contributed by atoms with Gasteiger partial charge in [0.15, 0.2) is 11.4 Å². The Bertz CT molecular complexity index is 1400. The summed E-state index contributed by atoms with van der Waals surface area (Å²) < 4.78 is 3.64. The number of primary amides is 1. The smallest absolute Gasteiger partial charge is 0.407 e. The number of alkyl halides is 2. The van der Waals surface area contributed by atoms with Gasteiger partial charge in [0.2, 0.25) is 5.78 Å². The summed E-state index contributed by atoms with van der Waals surface area (Å²) in [5.41, 5.74) is 2.60. The average molecular weight is 598 g/mol. The van der Waals surface area contributed by atoms with Crippen LogP contribution in [-0.4, -0.2) is 74.6 Å². The number of phenols is 1. The van der Waals surface area contributed by atoms with Crippen LogP contribution in [0.15, 0.2) is 23.0 Å². The van der Waals surface area contributed by atoms with Crippen molar-refractivity contribution in [2.24, 2.45) is 17.6 Å². The van der Waals surface area contributed by atoms with Gasteiger partial charge in [-0.2, -0.15) is 0 Å². The van der Waals surface area contributed by atoms with Crippen molar-refractivity contribution in [1.29, 1.82) is 0 Å². The SMILES string of the molecule is CN(C)c1cc(CNC(=O)OCC(C)(Cl)Cl)c(O)c2c1C[C@H]1C[C@H]3CC(=O)C(C(N)=O)=C(O)[C@@]3(O)C(=O)C1=C2O. The molecule has 2 amide bonds. The second kappa shape index (κ2) is 10.2. The number of ether oxygens (including phenoxy) is 1. The molecule has 3 aliphatic carbocycles. The molecule has 4 rings (SSSR count). The maximum Gasteiger partial charge on any atom is 0.407 e. The molecule has 1 fully saturated rings. The fraction of sp³-hybridized carbons (Fsp3) is 0.462. The number of halogens is 2. The predicted molar refractivity (Wildman–Crippen MR) is 144 cm³/mol. The first-order valence-electron chi connectivity index (χ1n) is 12.3. The molecule has 0 unspecified atom stereocenters. The molecule has 14 heteroatoms. The topological polar surface area (TPSA) is 200 Å². The molecule has 0 radical (unpaired) electrons. The number of nitrogens with zero attached hydrogens (tertiary/aromatic N) is 1. The second-order valence-electron chi connectivity index (χ2n) is 10.6. The lowest BCUT2D eigenvalue weighted by Gasteiger charge is -2.46. The van der Waals surface area contributed by atoms with Crippen LogP contribution in [-0.2, 0) is 32.1 Å². The molecule has 0 aliphatic heterocycles. The maximum absolute atomic E-state index is 13.7. The number of carbonyl (C=O) groups excluding carboxylic acids is 4. The summed E-state index contributed by atoms with van der Waals surface area (Å²) >= 11 is 11.6. The van der Waals surface area contributed by atoms with Gasteiger partial charge in [0.1, 0.15) is 33.8 Å². The van der Waals surface area contributed by atoms with Crippen molar-refractivity contribution in [3.05, 3.63) is 39.7 Å². The Kier molecular flexibility index (Phi) is 7.50. The molecule has 1 aromatic rings. The number of anilines is 1. The number of phenolic OH excluding ortho intramolecular Hbond substituents is 1. The minimum atomic E-state index is -2.65. The number of nitrogens with one attached hydrogen (secondary N) is 1. The van der Waals surface area contributed by atoms with Crippen molar-refractivity contribution in [1.82, 2.24) is 5.32 Å². The zero-order chi connectivity index (χ0) is 29.9. The molecule has 3 aliphatic rings. The van der Waals surface area contributed by atoms with Crippen LogP contribution in [0.3, 0.4) is 0 Å². The minimum Gasteiger partial charge on any atom is -0.508 e. The van der Waals surface area contributed by atoms with Crippen LogP contribution in [0.4, 0.5) is 10.5 Å². The van der Waals surface area contributed by atoms with Gasteiger partial charge in [-0.25, -0.2) is 4.79 Å². The number of Topliss-reactive ketones (excluding diaryl/α,β-unsaturated/α-hetero) is 2. The highest BCUT2D eigenvalue weighted by atomic mass is 35.5. The van der Waals surface area contributed by atoms with Gasteiger partial charge in [-0.05, 0) is 37.3 Å². The Balaban J connectivity index is 1.78. The molecule has 7 N–H and O–H groups in total. The summed E-state index contributed by atoms with van der Waals surface area (Å²) in [6.07, 6.45) is -1.10. The summed E-state index contributed by atoms with van der Waals surface area (Å²) in [4.78, 5) is 51.8. The molecule has 0 heterocycles. The number of alkyl carbamates (subject to hydrolysis) is 1. The number of nitrogens with two attached hydrogens (primary N) is 1. The first-order chi connectivity index (χ1) is 18.5. The van der Waals surface area contributed by atoms with E-state index in [1.54, 1.807) is 25.1 Å². The van der Waals surface area contributed by atoms with E-state index in [1.165, 1.54) is 6.92 Å². The standard InChI is InChI=1S/C26H29Cl2N3O9/c1-25(27,28)9-40-24(38)30-8-11-6-14(31(2)3)13-5-10-4-12-7-15(32)18(23(29)37)22(36)26(12,39)21(35)16(10)20(34)17(13)19(11)33/h6,10,12,33-34,36,39H,4-5,7-9H2,1-3H3,(H2,29,37)(H,30,38)/t10-,12+,26+/m1/s1. The van der Waals surface area contributed by atoms with Gasteiger partial charge in [-0.1, -0.05) is 23.2 Å². The molecule has 0 bridgehead atoms. The van der Waals surface area contributed by atoms with Gasteiger partial charge in [0.05, 0.1) is 5.56 Å². The van der Waals surface area contributed by atoms with Crippen molar-refractivity contribution in [2.75, 3.05) is 25.6 Å². The molecule has 0 spiro atoms. The zero-order valence-corrected chi connectivity index (χ0v) is 23.4. The average Bonchev–Trinajstić information content (AvgIpc) is 2.83. The third kappa shape index (κ3) is 4.84. The van der Waals surface area contributed by atoms with Crippen LogP contribution in [0.25, 0.3) is 5.76 Å². The fourth-order valence-electron chi connectivity index (χ4n) is 5.67. The third-order valence-corrected chi connectivity index (χ3v) is 7.70. The number of ketones is 2. The molecule has 1 aromatic carbocycles. The number of aliphatic hydroxyl groups is 3. The number of benzene rings is 1. The predicted octanol–water partition coefficient (Wildman–Crippen LogP) is 1.91. The highest BCUT2D eigenvalue weighted by Gasteiger charge is 2.60. The second-order valence-corrected chi connectivity index (χ2v) is 12.4. The van der Waals surface area contributed by atoms with E-state index in [9.17, 15) is 39.6 Å². The molecule has 1 saturated carbocycles. The quantitative estimate of drug-likeness (QED) is 0.208. The maximum atomic E-state index is 13.7. The van der Waals surface area contributed by atoms with Gasteiger partial charge in [0.25, 0.3) is 5.91 Å². The summed E-state index contributed by atoms with van der Waals surface area (Å²) in [6.45, 7) is 0.900. The number of fused-ring (bicyclic) bond motifs is 3. The van der Waals surface area contributed by atoms with Crippen molar-refractivity contribution in [2.45, 2.75) is 42.7 Å². The van der Waals surface area contributed by atoms with E-state index in [-0.39, 0.29) is 42.7 Å². The zero-order valence-electron chi connectivity index (χ0n) is 21.9. The lowest BCUT2D eigenvalue weighted by atomic mass is 9.59. The number of amides is 2. The molecule has 3 atom stereocenters. The highest BCUT2D eigenvalue weighted by molar-refractivity contribution is 6.48. The highest BCUT2D eigenvalue weighted by Crippen LogP contribution is 2.53. The van der Waals surface area contributed by atoms with Crippen LogP contribution in [0.2, 0.25) is 0 Å². The van der Waals surface area contributed by atoms with Crippen LogP contribution in [0, 0.1) is 11.8 Å². The van der Waals surface area contributed by atoms with Gasteiger partial charge >= 0.3 is 6.09 Å². The summed E-state index contributed by atoms with van der Waals surface area (Å²) in [5.74, 6) is -7.10. The van der Waals surface area contributed by atoms with Crippen molar-refractivity contribution in [3.8, 4) is 5.75 Å². The van der Waals surface area contributed by atoms with Crippen LogP contribution >= 0.6 is 23.2 Å². The Morgan fingerprint density at radius 1 is 1.23 bits per heavy atom. The van der Waals surface area contributed by atoms with E-state index in [2.05, 4.69) is 5.32 Å². The van der Waals surface area contributed by atoms with Gasteiger partial charge in [0, 0.05) is 49.8 Å².